The zero-order valence-corrected chi connectivity index (χ0v) is 8.64. The Kier molecular flexibility index (Phi) is 4.03. The van der Waals surface area contributed by atoms with Crippen LogP contribution in [0.25, 0.3) is 0 Å². The molecule has 0 spiro atoms. The minimum atomic E-state index is -0.914. The van der Waals surface area contributed by atoms with Crippen molar-refractivity contribution in [3.05, 3.63) is 35.4 Å². The zero-order valence-electron chi connectivity index (χ0n) is 8.64. The lowest BCUT2D eigenvalue weighted by Gasteiger charge is -2.08. The average molecular weight is 206 g/mol. The van der Waals surface area contributed by atoms with Crippen molar-refractivity contribution < 1.29 is 14.7 Å². The largest absolute Gasteiger partial charge is 0.481 e. The second-order valence-electron chi connectivity index (χ2n) is 3.63. The highest BCUT2D eigenvalue weighted by atomic mass is 16.4. The van der Waals surface area contributed by atoms with E-state index in [1.54, 1.807) is 0 Å². The van der Waals surface area contributed by atoms with Gasteiger partial charge in [0.05, 0.1) is 5.92 Å². The van der Waals surface area contributed by atoms with Gasteiger partial charge in [0, 0.05) is 6.42 Å². The van der Waals surface area contributed by atoms with E-state index in [0.29, 0.717) is 12.7 Å². The van der Waals surface area contributed by atoms with Gasteiger partial charge < -0.3 is 9.90 Å². The standard InChI is InChI=1S/C12H14O3/c1-9-2-4-10(5-3-9)8-11(6-7-13)12(14)15/h2-5,7,11H,6,8H2,1H3,(H,14,15). The van der Waals surface area contributed by atoms with Gasteiger partial charge in [-0.1, -0.05) is 29.8 Å². The van der Waals surface area contributed by atoms with Crippen molar-refractivity contribution in [2.75, 3.05) is 0 Å². The lowest BCUT2D eigenvalue weighted by atomic mass is 9.96. The van der Waals surface area contributed by atoms with Crippen molar-refractivity contribution >= 4 is 12.3 Å². The summed E-state index contributed by atoms with van der Waals surface area (Å²) in [6.45, 7) is 1.98. The molecule has 1 aromatic carbocycles. The van der Waals surface area contributed by atoms with E-state index in [1.165, 1.54) is 0 Å². The number of rotatable bonds is 5. The van der Waals surface area contributed by atoms with Crippen molar-refractivity contribution in [2.45, 2.75) is 19.8 Å². The third-order valence-electron chi connectivity index (χ3n) is 2.33. The van der Waals surface area contributed by atoms with Crippen molar-refractivity contribution in [3.63, 3.8) is 0 Å². The molecule has 80 valence electrons. The molecule has 0 bridgehead atoms. The van der Waals surface area contributed by atoms with Crippen LogP contribution in [0.4, 0.5) is 0 Å². The Hall–Kier alpha value is -1.64. The molecule has 0 fully saturated rings. The highest BCUT2D eigenvalue weighted by Crippen LogP contribution is 2.12. The van der Waals surface area contributed by atoms with E-state index in [0.717, 1.165) is 11.1 Å². The predicted molar refractivity (Wildman–Crippen MR) is 56.7 cm³/mol. The number of carboxylic acids is 1. The average Bonchev–Trinajstić information content (AvgIpc) is 2.20. The minimum Gasteiger partial charge on any atom is -0.481 e. The fraction of sp³-hybridized carbons (Fsp3) is 0.333. The lowest BCUT2D eigenvalue weighted by molar-refractivity contribution is -0.142. The molecular weight excluding hydrogens is 192 g/mol. The molecule has 0 aliphatic heterocycles. The van der Waals surface area contributed by atoms with Gasteiger partial charge >= 0.3 is 5.97 Å². The normalized spacial score (nSPS) is 12.1. The van der Waals surface area contributed by atoms with Crippen LogP contribution in [0.5, 0.6) is 0 Å². The highest BCUT2D eigenvalue weighted by Gasteiger charge is 2.16. The molecule has 0 aliphatic rings. The maximum absolute atomic E-state index is 10.8. The number of benzene rings is 1. The van der Waals surface area contributed by atoms with Gasteiger partial charge in [-0.2, -0.15) is 0 Å². The van der Waals surface area contributed by atoms with Gasteiger partial charge in [-0.3, -0.25) is 4.79 Å². The summed E-state index contributed by atoms with van der Waals surface area (Å²) in [5.74, 6) is -1.52. The number of carboxylic acid groups (broad SMARTS) is 1. The Morgan fingerprint density at radius 2 is 2.00 bits per heavy atom. The van der Waals surface area contributed by atoms with Crippen LogP contribution in [-0.2, 0) is 16.0 Å². The lowest BCUT2D eigenvalue weighted by Crippen LogP contribution is -2.16. The van der Waals surface area contributed by atoms with Crippen LogP contribution in [-0.4, -0.2) is 17.4 Å². The fourth-order valence-corrected chi connectivity index (χ4v) is 1.40. The van der Waals surface area contributed by atoms with Crippen LogP contribution in [0.2, 0.25) is 0 Å². The van der Waals surface area contributed by atoms with Crippen LogP contribution < -0.4 is 0 Å². The van der Waals surface area contributed by atoms with Crippen LogP contribution in [0.1, 0.15) is 17.5 Å². The molecule has 0 saturated heterocycles. The Morgan fingerprint density at radius 1 is 1.40 bits per heavy atom. The van der Waals surface area contributed by atoms with Gasteiger partial charge in [0.2, 0.25) is 0 Å². The first kappa shape index (κ1) is 11.4. The number of carbonyl (C=O) groups is 2. The molecular formula is C12H14O3. The van der Waals surface area contributed by atoms with Gasteiger partial charge in [0.25, 0.3) is 0 Å². The molecule has 1 atom stereocenters. The molecule has 0 radical (unpaired) electrons. The summed E-state index contributed by atoms with van der Waals surface area (Å²) in [4.78, 5) is 21.1. The molecule has 1 N–H and O–H groups in total. The maximum Gasteiger partial charge on any atom is 0.307 e. The van der Waals surface area contributed by atoms with Crippen molar-refractivity contribution in [2.24, 2.45) is 5.92 Å². The molecule has 3 nitrogen and oxygen atoms in total. The molecule has 0 saturated carbocycles. The number of hydrogen-bond acceptors (Lipinski definition) is 2. The summed E-state index contributed by atoms with van der Waals surface area (Å²) in [7, 11) is 0. The smallest absolute Gasteiger partial charge is 0.307 e. The third kappa shape index (κ3) is 3.54. The molecule has 0 aromatic heterocycles. The molecule has 0 heterocycles. The summed E-state index contributed by atoms with van der Waals surface area (Å²) in [6.07, 6.45) is 1.14. The SMILES string of the molecule is Cc1ccc(CC(CC=O)C(=O)O)cc1. The Morgan fingerprint density at radius 3 is 2.47 bits per heavy atom. The number of hydrogen-bond donors (Lipinski definition) is 1. The molecule has 1 rings (SSSR count). The second kappa shape index (κ2) is 5.29. The summed E-state index contributed by atoms with van der Waals surface area (Å²) >= 11 is 0. The van der Waals surface area contributed by atoms with Gasteiger partial charge in [0.1, 0.15) is 6.29 Å². The van der Waals surface area contributed by atoms with Crippen LogP contribution in [0.15, 0.2) is 24.3 Å². The first-order valence-corrected chi connectivity index (χ1v) is 4.85. The van der Waals surface area contributed by atoms with E-state index in [4.69, 9.17) is 5.11 Å². The van der Waals surface area contributed by atoms with E-state index >= 15 is 0 Å². The Balaban J connectivity index is 2.69. The summed E-state index contributed by atoms with van der Waals surface area (Å²) in [5.41, 5.74) is 2.09. The van der Waals surface area contributed by atoms with E-state index in [1.807, 2.05) is 31.2 Å². The summed E-state index contributed by atoms with van der Waals surface area (Å²) in [5, 5.41) is 8.86. The van der Waals surface area contributed by atoms with Crippen LogP contribution in [0, 0.1) is 12.8 Å². The number of carbonyl (C=O) groups excluding carboxylic acids is 1. The summed E-state index contributed by atoms with van der Waals surface area (Å²) in [6, 6.07) is 7.68. The Bertz CT molecular complexity index is 340. The van der Waals surface area contributed by atoms with Crippen molar-refractivity contribution in [1.82, 2.24) is 0 Å². The van der Waals surface area contributed by atoms with Crippen molar-refractivity contribution in [3.8, 4) is 0 Å². The second-order valence-corrected chi connectivity index (χ2v) is 3.63. The fourth-order valence-electron chi connectivity index (χ4n) is 1.40. The number of aldehydes is 1. The van der Waals surface area contributed by atoms with E-state index in [-0.39, 0.29) is 6.42 Å². The number of aryl methyl sites for hydroxylation is 1. The highest BCUT2D eigenvalue weighted by molar-refractivity contribution is 5.73. The van der Waals surface area contributed by atoms with Gasteiger partial charge in [-0.25, -0.2) is 0 Å². The monoisotopic (exact) mass is 206 g/mol. The topological polar surface area (TPSA) is 54.4 Å². The third-order valence-corrected chi connectivity index (χ3v) is 2.33. The van der Waals surface area contributed by atoms with Gasteiger partial charge in [-0.05, 0) is 18.9 Å². The quantitative estimate of drug-likeness (QED) is 0.748. The zero-order chi connectivity index (χ0) is 11.3. The molecule has 0 aliphatic carbocycles. The summed E-state index contributed by atoms with van der Waals surface area (Å²) < 4.78 is 0. The first-order valence-electron chi connectivity index (χ1n) is 4.85. The predicted octanol–water partition coefficient (Wildman–Crippen LogP) is 1.83. The molecule has 15 heavy (non-hydrogen) atoms. The van der Waals surface area contributed by atoms with Gasteiger partial charge in [-0.15, -0.1) is 0 Å². The number of aliphatic carboxylic acids is 1. The van der Waals surface area contributed by atoms with Crippen LogP contribution >= 0.6 is 0 Å². The van der Waals surface area contributed by atoms with E-state index < -0.39 is 11.9 Å². The minimum absolute atomic E-state index is 0.0726. The molecule has 1 aromatic rings. The van der Waals surface area contributed by atoms with Crippen LogP contribution in [0.3, 0.4) is 0 Å². The van der Waals surface area contributed by atoms with E-state index in [2.05, 4.69) is 0 Å². The first-order chi connectivity index (χ1) is 7.13. The molecule has 0 amide bonds. The van der Waals surface area contributed by atoms with Crippen molar-refractivity contribution in [1.29, 1.82) is 0 Å². The maximum atomic E-state index is 10.8. The van der Waals surface area contributed by atoms with Gasteiger partial charge in [0.15, 0.2) is 0 Å². The van der Waals surface area contributed by atoms with E-state index in [9.17, 15) is 9.59 Å². The molecule has 1 unspecified atom stereocenters. The Labute approximate surface area is 88.7 Å². The molecule has 3 heteroatoms.